The third-order valence-electron chi connectivity index (χ3n) is 3.21. The maximum Gasteiger partial charge on any atom is 0.205 e. The molecule has 0 aliphatic heterocycles. The van der Waals surface area contributed by atoms with E-state index >= 15 is 0 Å². The summed E-state index contributed by atoms with van der Waals surface area (Å²) < 4.78 is 0. The first kappa shape index (κ1) is 11.7. The van der Waals surface area contributed by atoms with Crippen LogP contribution in [0.2, 0.25) is 0 Å². The first-order valence-electron chi connectivity index (χ1n) is 6.50. The SMILES string of the molecule is CCc1nnc(NCc2cccc(C3CC3)c2)s1. The molecule has 1 fully saturated rings. The third-order valence-corrected chi connectivity index (χ3v) is 4.24. The minimum absolute atomic E-state index is 0.818. The highest BCUT2D eigenvalue weighted by molar-refractivity contribution is 7.15. The summed E-state index contributed by atoms with van der Waals surface area (Å²) >= 11 is 1.64. The number of aryl methyl sites for hydroxylation is 1. The molecule has 1 heterocycles. The van der Waals surface area contributed by atoms with Crippen molar-refractivity contribution in [3.63, 3.8) is 0 Å². The smallest absolute Gasteiger partial charge is 0.205 e. The van der Waals surface area contributed by atoms with Crippen molar-refractivity contribution < 1.29 is 0 Å². The molecule has 0 unspecified atom stereocenters. The van der Waals surface area contributed by atoms with Crippen LogP contribution in [-0.2, 0) is 13.0 Å². The van der Waals surface area contributed by atoms with Crippen LogP contribution in [0, 0.1) is 0 Å². The Morgan fingerprint density at radius 2 is 2.22 bits per heavy atom. The van der Waals surface area contributed by atoms with Crippen molar-refractivity contribution in [3.05, 3.63) is 40.4 Å². The Bertz CT molecular complexity index is 531. The quantitative estimate of drug-likeness (QED) is 0.891. The van der Waals surface area contributed by atoms with Gasteiger partial charge in [0.2, 0.25) is 5.13 Å². The van der Waals surface area contributed by atoms with Crippen molar-refractivity contribution >= 4 is 16.5 Å². The van der Waals surface area contributed by atoms with Crippen LogP contribution in [0.15, 0.2) is 24.3 Å². The van der Waals surface area contributed by atoms with Crippen molar-refractivity contribution in [3.8, 4) is 0 Å². The molecule has 4 heteroatoms. The van der Waals surface area contributed by atoms with Crippen LogP contribution in [0.1, 0.15) is 41.8 Å². The average molecular weight is 259 g/mol. The zero-order valence-corrected chi connectivity index (χ0v) is 11.3. The first-order valence-corrected chi connectivity index (χ1v) is 7.32. The number of hydrogen-bond donors (Lipinski definition) is 1. The predicted octanol–water partition coefficient (Wildman–Crippen LogP) is 3.59. The molecule has 0 radical (unpaired) electrons. The highest BCUT2D eigenvalue weighted by Gasteiger charge is 2.23. The zero-order chi connectivity index (χ0) is 12.4. The van der Waals surface area contributed by atoms with E-state index in [1.165, 1.54) is 24.0 Å². The van der Waals surface area contributed by atoms with E-state index in [-0.39, 0.29) is 0 Å². The largest absolute Gasteiger partial charge is 0.356 e. The molecule has 0 saturated heterocycles. The van der Waals surface area contributed by atoms with Gasteiger partial charge in [-0.2, -0.15) is 0 Å². The number of rotatable bonds is 5. The van der Waals surface area contributed by atoms with Gasteiger partial charge in [-0.3, -0.25) is 0 Å². The van der Waals surface area contributed by atoms with Crippen molar-refractivity contribution in [2.45, 2.75) is 38.6 Å². The molecule has 1 aromatic carbocycles. The number of anilines is 1. The second-order valence-corrected chi connectivity index (χ2v) is 5.79. The van der Waals surface area contributed by atoms with E-state index in [9.17, 15) is 0 Å². The van der Waals surface area contributed by atoms with Gasteiger partial charge in [-0.1, -0.05) is 42.5 Å². The van der Waals surface area contributed by atoms with E-state index in [1.807, 2.05) is 0 Å². The van der Waals surface area contributed by atoms with Crippen molar-refractivity contribution in [1.82, 2.24) is 10.2 Å². The Balaban J connectivity index is 1.63. The van der Waals surface area contributed by atoms with Gasteiger partial charge in [-0.15, -0.1) is 10.2 Å². The number of benzene rings is 1. The maximum atomic E-state index is 4.13. The number of nitrogens with zero attached hydrogens (tertiary/aromatic N) is 2. The standard InChI is InChI=1S/C14H17N3S/c1-2-13-16-17-14(18-13)15-9-10-4-3-5-12(8-10)11-6-7-11/h3-5,8,11H,2,6-7,9H2,1H3,(H,15,17). The molecular formula is C14H17N3S. The normalized spacial score (nSPS) is 14.7. The van der Waals surface area contributed by atoms with E-state index < -0.39 is 0 Å². The van der Waals surface area contributed by atoms with Gasteiger partial charge in [0.25, 0.3) is 0 Å². The van der Waals surface area contributed by atoms with Gasteiger partial charge in [0.05, 0.1) is 0 Å². The molecule has 3 nitrogen and oxygen atoms in total. The summed E-state index contributed by atoms with van der Waals surface area (Å²) in [5.74, 6) is 0.818. The van der Waals surface area contributed by atoms with Gasteiger partial charge in [-0.05, 0) is 36.3 Å². The molecule has 94 valence electrons. The molecule has 0 atom stereocenters. The van der Waals surface area contributed by atoms with Crippen LogP contribution in [0.3, 0.4) is 0 Å². The van der Waals surface area contributed by atoms with Crippen LogP contribution in [0.25, 0.3) is 0 Å². The molecule has 1 aromatic heterocycles. The number of aromatic nitrogens is 2. The zero-order valence-electron chi connectivity index (χ0n) is 10.5. The lowest BCUT2D eigenvalue weighted by Crippen LogP contribution is -1.99. The fourth-order valence-electron chi connectivity index (χ4n) is 2.02. The van der Waals surface area contributed by atoms with Crippen LogP contribution in [0.4, 0.5) is 5.13 Å². The van der Waals surface area contributed by atoms with Gasteiger partial charge in [-0.25, -0.2) is 0 Å². The lowest BCUT2D eigenvalue weighted by Gasteiger charge is -2.04. The topological polar surface area (TPSA) is 37.8 Å². The minimum Gasteiger partial charge on any atom is -0.356 e. The molecule has 0 spiro atoms. The second kappa shape index (κ2) is 5.06. The first-order chi connectivity index (χ1) is 8.85. The number of hydrogen-bond acceptors (Lipinski definition) is 4. The molecule has 1 aliphatic rings. The summed E-state index contributed by atoms with van der Waals surface area (Å²) in [6, 6.07) is 8.87. The molecule has 3 rings (SSSR count). The van der Waals surface area contributed by atoms with E-state index in [0.717, 1.165) is 29.0 Å². The van der Waals surface area contributed by atoms with Crippen molar-refractivity contribution in [2.75, 3.05) is 5.32 Å². The molecule has 0 amide bonds. The Kier molecular flexibility index (Phi) is 3.28. The summed E-state index contributed by atoms with van der Waals surface area (Å²) in [5, 5.41) is 13.6. The Morgan fingerprint density at radius 3 is 2.94 bits per heavy atom. The Labute approximate surface area is 111 Å². The highest BCUT2D eigenvalue weighted by Crippen LogP contribution is 2.40. The molecule has 18 heavy (non-hydrogen) atoms. The summed E-state index contributed by atoms with van der Waals surface area (Å²) in [7, 11) is 0. The summed E-state index contributed by atoms with van der Waals surface area (Å²) in [6.45, 7) is 2.93. The number of nitrogens with one attached hydrogen (secondary N) is 1. The highest BCUT2D eigenvalue weighted by atomic mass is 32.1. The van der Waals surface area contributed by atoms with Crippen LogP contribution < -0.4 is 5.32 Å². The fourth-order valence-corrected chi connectivity index (χ4v) is 2.69. The minimum atomic E-state index is 0.818. The lowest BCUT2D eigenvalue weighted by molar-refractivity contribution is 0.974. The van der Waals surface area contributed by atoms with Crippen molar-refractivity contribution in [1.29, 1.82) is 0 Å². The molecule has 0 bridgehead atoms. The van der Waals surface area contributed by atoms with E-state index in [1.54, 1.807) is 11.3 Å². The maximum absolute atomic E-state index is 4.13. The van der Waals surface area contributed by atoms with Crippen molar-refractivity contribution in [2.24, 2.45) is 0 Å². The van der Waals surface area contributed by atoms with E-state index in [4.69, 9.17) is 0 Å². The molecule has 2 aromatic rings. The summed E-state index contributed by atoms with van der Waals surface area (Å²) in [6.07, 6.45) is 3.66. The average Bonchev–Trinajstić information content (AvgIpc) is 3.16. The molecule has 1 N–H and O–H groups in total. The lowest BCUT2D eigenvalue weighted by atomic mass is 10.1. The Hall–Kier alpha value is -1.42. The third kappa shape index (κ3) is 2.70. The van der Waals surface area contributed by atoms with Gasteiger partial charge in [0, 0.05) is 6.54 Å². The van der Waals surface area contributed by atoms with E-state index in [0.29, 0.717) is 0 Å². The van der Waals surface area contributed by atoms with Gasteiger partial charge in [0.1, 0.15) is 5.01 Å². The monoisotopic (exact) mass is 259 g/mol. The van der Waals surface area contributed by atoms with Gasteiger partial charge in [0.15, 0.2) is 0 Å². The van der Waals surface area contributed by atoms with Gasteiger partial charge < -0.3 is 5.32 Å². The summed E-state index contributed by atoms with van der Waals surface area (Å²) in [5.41, 5.74) is 2.81. The summed E-state index contributed by atoms with van der Waals surface area (Å²) in [4.78, 5) is 0. The molecular weight excluding hydrogens is 242 g/mol. The molecule has 1 aliphatic carbocycles. The Morgan fingerprint density at radius 1 is 1.33 bits per heavy atom. The van der Waals surface area contributed by atoms with Crippen LogP contribution in [0.5, 0.6) is 0 Å². The van der Waals surface area contributed by atoms with Crippen LogP contribution in [-0.4, -0.2) is 10.2 Å². The van der Waals surface area contributed by atoms with Gasteiger partial charge >= 0.3 is 0 Å². The molecule has 1 saturated carbocycles. The van der Waals surface area contributed by atoms with Crippen LogP contribution >= 0.6 is 11.3 Å². The predicted molar refractivity (Wildman–Crippen MR) is 75.0 cm³/mol. The van der Waals surface area contributed by atoms with E-state index in [2.05, 4.69) is 46.7 Å². The fraction of sp³-hybridized carbons (Fsp3) is 0.429. The second-order valence-electron chi connectivity index (χ2n) is 4.73.